The Labute approximate surface area is 159 Å². The van der Waals surface area contributed by atoms with Gasteiger partial charge < -0.3 is 0 Å². The van der Waals surface area contributed by atoms with E-state index in [1.54, 1.807) is 12.1 Å². The van der Waals surface area contributed by atoms with Crippen LogP contribution in [0.2, 0.25) is 0 Å². The zero-order chi connectivity index (χ0) is 18.9. The molecule has 3 aromatic rings. The second kappa shape index (κ2) is 9.21. The number of rotatable bonds is 7. The minimum atomic E-state index is -0.0425. The summed E-state index contributed by atoms with van der Waals surface area (Å²) in [5.41, 5.74) is 6.74. The van der Waals surface area contributed by atoms with Crippen molar-refractivity contribution in [2.45, 2.75) is 19.4 Å². The highest BCUT2D eigenvalue weighted by Gasteiger charge is 2.11. The van der Waals surface area contributed by atoms with Crippen LogP contribution in [0.3, 0.4) is 0 Å². The third-order valence-electron chi connectivity index (χ3n) is 4.23. The van der Waals surface area contributed by atoms with Gasteiger partial charge in [-0.2, -0.15) is 5.26 Å². The van der Waals surface area contributed by atoms with Crippen LogP contribution < -0.4 is 10.4 Å². The van der Waals surface area contributed by atoms with Crippen LogP contribution in [0.4, 0.5) is 5.69 Å². The first-order chi connectivity index (χ1) is 13.2. The highest BCUT2D eigenvalue weighted by molar-refractivity contribution is 5.78. The van der Waals surface area contributed by atoms with E-state index in [4.69, 9.17) is 5.26 Å². The molecule has 27 heavy (non-hydrogen) atoms. The van der Waals surface area contributed by atoms with E-state index >= 15 is 0 Å². The number of aryl methyl sites for hydroxylation is 1. The monoisotopic (exact) mass is 355 g/mol. The van der Waals surface area contributed by atoms with Crippen LogP contribution in [0.1, 0.15) is 23.1 Å². The lowest BCUT2D eigenvalue weighted by molar-refractivity contribution is -0.121. The van der Waals surface area contributed by atoms with Crippen molar-refractivity contribution >= 4 is 11.6 Å². The van der Waals surface area contributed by atoms with E-state index < -0.39 is 0 Å². The first-order valence-corrected chi connectivity index (χ1v) is 8.89. The van der Waals surface area contributed by atoms with Gasteiger partial charge in [0.2, 0.25) is 5.91 Å². The predicted molar refractivity (Wildman–Crippen MR) is 107 cm³/mol. The van der Waals surface area contributed by atoms with E-state index in [0.29, 0.717) is 24.9 Å². The maximum atomic E-state index is 12.5. The molecule has 0 aliphatic heterocycles. The number of carbonyl (C=O) groups is 1. The quantitative estimate of drug-likeness (QED) is 0.645. The van der Waals surface area contributed by atoms with Crippen LogP contribution in [-0.4, -0.2) is 5.91 Å². The van der Waals surface area contributed by atoms with Gasteiger partial charge in [0.25, 0.3) is 0 Å². The molecule has 0 aliphatic carbocycles. The lowest BCUT2D eigenvalue weighted by atomic mass is 10.1. The molecule has 3 aromatic carbocycles. The lowest BCUT2D eigenvalue weighted by Crippen LogP contribution is -2.42. The minimum absolute atomic E-state index is 0.0425. The van der Waals surface area contributed by atoms with Crippen LogP contribution in [0.5, 0.6) is 0 Å². The van der Waals surface area contributed by atoms with Crippen molar-refractivity contribution in [2.24, 2.45) is 0 Å². The molecule has 4 nitrogen and oxygen atoms in total. The number of hydrogen-bond donors (Lipinski definition) is 1. The standard InChI is InChI=1S/C23H21N3O/c24-17-20-13-11-19(12-14-20)15-16-23(27)25-26(22-9-5-2-6-10-22)18-21-7-3-1-4-8-21/h1-14H,15-16,18H2,(H,25,27). The Morgan fingerprint density at radius 1 is 0.852 bits per heavy atom. The summed E-state index contributed by atoms with van der Waals surface area (Å²) < 4.78 is 0. The first kappa shape index (κ1) is 18.2. The summed E-state index contributed by atoms with van der Waals surface area (Å²) in [5, 5.41) is 10.7. The SMILES string of the molecule is N#Cc1ccc(CCC(=O)NN(Cc2ccccc2)c2ccccc2)cc1. The van der Waals surface area contributed by atoms with Crippen LogP contribution in [0, 0.1) is 11.3 Å². The topological polar surface area (TPSA) is 56.1 Å². The fourth-order valence-corrected chi connectivity index (χ4v) is 2.78. The van der Waals surface area contributed by atoms with Crippen molar-refractivity contribution in [1.29, 1.82) is 5.26 Å². The molecule has 0 bridgehead atoms. The van der Waals surface area contributed by atoms with Crippen molar-refractivity contribution in [3.8, 4) is 6.07 Å². The Hall–Kier alpha value is -3.58. The number of anilines is 1. The third kappa shape index (κ3) is 5.45. The number of hydrazine groups is 1. The molecule has 3 rings (SSSR count). The summed E-state index contributed by atoms with van der Waals surface area (Å²) in [6.45, 7) is 0.591. The Kier molecular flexibility index (Phi) is 6.21. The Balaban J connectivity index is 1.64. The molecule has 0 aliphatic rings. The second-order valence-electron chi connectivity index (χ2n) is 6.25. The van der Waals surface area contributed by atoms with Crippen LogP contribution in [-0.2, 0) is 17.8 Å². The van der Waals surface area contributed by atoms with E-state index in [0.717, 1.165) is 16.8 Å². The molecule has 0 unspecified atom stereocenters. The number of nitrogens with one attached hydrogen (secondary N) is 1. The summed E-state index contributed by atoms with van der Waals surface area (Å²) in [6, 6.07) is 29.3. The van der Waals surface area contributed by atoms with Crippen LogP contribution in [0.25, 0.3) is 0 Å². The zero-order valence-corrected chi connectivity index (χ0v) is 15.0. The molecule has 0 atom stereocenters. The number of para-hydroxylation sites is 1. The van der Waals surface area contributed by atoms with Crippen molar-refractivity contribution in [3.63, 3.8) is 0 Å². The van der Waals surface area contributed by atoms with Gasteiger partial charge in [0.15, 0.2) is 0 Å². The molecule has 0 aromatic heterocycles. The molecule has 0 saturated heterocycles. The molecule has 0 saturated carbocycles. The van der Waals surface area contributed by atoms with Crippen LogP contribution in [0.15, 0.2) is 84.9 Å². The van der Waals surface area contributed by atoms with Gasteiger partial charge in [-0.1, -0.05) is 60.7 Å². The maximum absolute atomic E-state index is 12.5. The van der Waals surface area contributed by atoms with Gasteiger partial charge in [0, 0.05) is 6.42 Å². The number of nitrogens with zero attached hydrogens (tertiary/aromatic N) is 2. The van der Waals surface area contributed by atoms with E-state index in [1.165, 1.54) is 0 Å². The zero-order valence-electron chi connectivity index (χ0n) is 15.0. The highest BCUT2D eigenvalue weighted by atomic mass is 16.2. The molecule has 134 valence electrons. The van der Waals surface area contributed by atoms with Crippen molar-refractivity contribution in [2.75, 3.05) is 5.01 Å². The van der Waals surface area contributed by atoms with Gasteiger partial charge in [-0.25, -0.2) is 0 Å². The van der Waals surface area contributed by atoms with Crippen LogP contribution >= 0.6 is 0 Å². The molecule has 0 fully saturated rings. The summed E-state index contributed by atoms with van der Waals surface area (Å²) >= 11 is 0. The fourth-order valence-electron chi connectivity index (χ4n) is 2.78. The number of amides is 1. The average Bonchev–Trinajstić information content (AvgIpc) is 2.73. The molecular weight excluding hydrogens is 334 g/mol. The fraction of sp³-hybridized carbons (Fsp3) is 0.130. The Morgan fingerprint density at radius 2 is 1.48 bits per heavy atom. The summed E-state index contributed by atoms with van der Waals surface area (Å²) in [4.78, 5) is 12.5. The first-order valence-electron chi connectivity index (χ1n) is 8.89. The molecule has 4 heteroatoms. The number of benzene rings is 3. The van der Waals surface area contributed by atoms with E-state index in [-0.39, 0.29) is 5.91 Å². The smallest absolute Gasteiger partial charge is 0.238 e. The summed E-state index contributed by atoms with van der Waals surface area (Å²) in [5.74, 6) is -0.0425. The number of nitriles is 1. The van der Waals surface area contributed by atoms with Gasteiger partial charge >= 0.3 is 0 Å². The average molecular weight is 355 g/mol. The normalized spacial score (nSPS) is 10.0. The molecule has 1 N–H and O–H groups in total. The molecule has 0 radical (unpaired) electrons. The van der Waals surface area contributed by atoms with Gasteiger partial charge in [-0.3, -0.25) is 15.2 Å². The molecule has 1 amide bonds. The lowest BCUT2D eigenvalue weighted by Gasteiger charge is -2.25. The van der Waals surface area contributed by atoms with E-state index in [9.17, 15) is 4.79 Å². The van der Waals surface area contributed by atoms with Gasteiger partial charge in [0.1, 0.15) is 0 Å². The van der Waals surface area contributed by atoms with E-state index in [2.05, 4.69) is 11.5 Å². The largest absolute Gasteiger partial charge is 0.281 e. The van der Waals surface area contributed by atoms with Gasteiger partial charge in [-0.05, 0) is 41.8 Å². The second-order valence-corrected chi connectivity index (χ2v) is 6.25. The minimum Gasteiger partial charge on any atom is -0.281 e. The summed E-state index contributed by atoms with van der Waals surface area (Å²) in [7, 11) is 0. The number of carbonyl (C=O) groups excluding carboxylic acids is 1. The van der Waals surface area contributed by atoms with Crippen molar-refractivity contribution in [3.05, 3.63) is 102 Å². The predicted octanol–water partition coefficient (Wildman–Crippen LogP) is 4.23. The maximum Gasteiger partial charge on any atom is 0.238 e. The van der Waals surface area contributed by atoms with Crippen molar-refractivity contribution < 1.29 is 4.79 Å². The third-order valence-corrected chi connectivity index (χ3v) is 4.23. The Bertz CT molecular complexity index is 900. The molecular formula is C23H21N3O. The molecule has 0 spiro atoms. The van der Waals surface area contributed by atoms with Gasteiger partial charge in [0.05, 0.1) is 23.9 Å². The number of hydrogen-bond acceptors (Lipinski definition) is 3. The Morgan fingerprint density at radius 3 is 2.11 bits per heavy atom. The van der Waals surface area contributed by atoms with Gasteiger partial charge in [-0.15, -0.1) is 0 Å². The highest BCUT2D eigenvalue weighted by Crippen LogP contribution is 2.15. The summed E-state index contributed by atoms with van der Waals surface area (Å²) in [6.07, 6.45) is 1.01. The van der Waals surface area contributed by atoms with E-state index in [1.807, 2.05) is 77.8 Å². The molecule has 0 heterocycles. The van der Waals surface area contributed by atoms with Crippen molar-refractivity contribution in [1.82, 2.24) is 5.43 Å².